The number of thioether (sulfide) groups is 1. The highest BCUT2D eigenvalue weighted by molar-refractivity contribution is 8.14. The van der Waals surface area contributed by atoms with Gasteiger partial charge in [0.1, 0.15) is 45.9 Å². The van der Waals surface area contributed by atoms with Crippen LogP contribution in [-0.4, -0.2) is 92.1 Å². The Morgan fingerprint density at radius 2 is 1.74 bits per heavy atom. The third-order valence-corrected chi connectivity index (χ3v) is 11.6. The first kappa shape index (κ1) is 44.1. The van der Waals surface area contributed by atoms with Gasteiger partial charge in [0.15, 0.2) is 5.54 Å². The summed E-state index contributed by atoms with van der Waals surface area (Å²) in [6, 6.07) is 15.7. The zero-order valence-electron chi connectivity index (χ0n) is 33.8. The van der Waals surface area contributed by atoms with Crippen LogP contribution < -0.4 is 5.32 Å². The van der Waals surface area contributed by atoms with Gasteiger partial charge in [0.05, 0.1) is 6.54 Å². The van der Waals surface area contributed by atoms with Gasteiger partial charge < -0.3 is 24.6 Å². The Kier molecular flexibility index (Phi) is 14.9. The minimum atomic E-state index is -1.10. The van der Waals surface area contributed by atoms with E-state index in [2.05, 4.69) is 46.5 Å². The number of benzene rings is 2. The second-order valence-corrected chi connectivity index (χ2v) is 17.4. The lowest BCUT2D eigenvalue weighted by atomic mass is 9.98. The van der Waals surface area contributed by atoms with Crippen LogP contribution >= 0.6 is 23.1 Å². The van der Waals surface area contributed by atoms with E-state index in [1.165, 1.54) is 46.0 Å². The molecule has 0 bridgehead atoms. The van der Waals surface area contributed by atoms with Crippen LogP contribution in [0, 0.1) is 0 Å². The number of rotatable bonds is 13. The number of likely N-dealkylation sites (tertiary alicyclic amines) is 1. The number of ether oxygens (including phenoxy) is 3. The number of carboxylic acid groups (broad SMARTS) is 1. The number of carboxylic acids is 1. The Labute approximate surface area is 347 Å². The average Bonchev–Trinajstić information content (AvgIpc) is 3.98. The number of ketones is 1. The van der Waals surface area contributed by atoms with Crippen LogP contribution in [-0.2, 0) is 35.1 Å². The molecule has 13 nitrogen and oxygen atoms in total. The number of amides is 2. The Morgan fingerprint density at radius 1 is 1.07 bits per heavy atom. The van der Waals surface area contributed by atoms with Crippen molar-refractivity contribution in [1.29, 1.82) is 0 Å². The first-order valence-electron chi connectivity index (χ1n) is 19.4. The Morgan fingerprint density at radius 3 is 2.34 bits per heavy atom. The van der Waals surface area contributed by atoms with Crippen molar-refractivity contribution in [2.45, 2.75) is 109 Å². The molecule has 0 spiro atoms. The van der Waals surface area contributed by atoms with Crippen LogP contribution in [0.2, 0.25) is 0 Å². The smallest absolute Gasteiger partial charge is 0.410 e. The van der Waals surface area contributed by atoms with E-state index >= 15 is 0 Å². The zero-order valence-corrected chi connectivity index (χ0v) is 35.5. The molecule has 1 saturated heterocycles. The first-order valence-corrected chi connectivity index (χ1v) is 21.3. The van der Waals surface area contributed by atoms with Crippen molar-refractivity contribution in [3.63, 3.8) is 0 Å². The number of aliphatic imine (C=N–C) groups is 1. The predicted molar refractivity (Wildman–Crippen MR) is 224 cm³/mol. The lowest BCUT2D eigenvalue weighted by Crippen LogP contribution is -2.43. The van der Waals surface area contributed by atoms with Crippen LogP contribution in [0.4, 0.5) is 9.59 Å². The number of carbonyl (C=O) groups is 5. The SMILES string of the molecule is CC(C)(C)OC(=O)NCc1nc(C2=N[C@](C)(C(=O)O)CS2)cs1.CCC/C=C/[C@H](CC(C)=O)OC(=O)[C@@H]1CCCN1C(=O)OCC1c2ccccc2-c2ccccc21. The van der Waals surface area contributed by atoms with Crippen LogP contribution in [0.3, 0.4) is 0 Å². The summed E-state index contributed by atoms with van der Waals surface area (Å²) in [5.74, 6) is -1.13. The number of thiazole rings is 1. The molecule has 0 radical (unpaired) electrons. The lowest BCUT2D eigenvalue weighted by Gasteiger charge is -2.25. The summed E-state index contributed by atoms with van der Waals surface area (Å²) in [5.41, 5.74) is 3.62. The second-order valence-electron chi connectivity index (χ2n) is 15.5. The molecule has 3 heterocycles. The van der Waals surface area contributed by atoms with E-state index in [1.54, 1.807) is 33.8 Å². The topological polar surface area (TPSA) is 174 Å². The molecule has 2 aromatic carbocycles. The van der Waals surface area contributed by atoms with Crippen LogP contribution in [0.25, 0.3) is 11.1 Å². The molecule has 58 heavy (non-hydrogen) atoms. The maximum Gasteiger partial charge on any atom is 0.410 e. The average molecular weight is 833 g/mol. The number of aliphatic carboxylic acids is 1. The van der Waals surface area contributed by atoms with Gasteiger partial charge in [-0.15, -0.1) is 23.1 Å². The number of unbranched alkanes of at least 4 members (excludes halogenated alkanes) is 1. The molecule has 6 rings (SSSR count). The number of hydrogen-bond donors (Lipinski definition) is 2. The molecule has 1 fully saturated rings. The number of aromatic nitrogens is 1. The lowest BCUT2D eigenvalue weighted by molar-refractivity contribution is -0.152. The fraction of sp³-hybridized carbons (Fsp3) is 0.465. The number of Topliss-reactive ketones (excluding diaryl/α,β-unsaturated/α-hetero) is 1. The van der Waals surface area contributed by atoms with Crippen LogP contribution in [0.15, 0.2) is 71.1 Å². The Hall–Kier alpha value is -5.02. The standard InChI is InChI=1S/C29H33NO5.C14H19N3O4S2/c1-3-4-5-11-21(18-20(2)31)35-28(32)27-16-10-17-30(27)29(33)34-19-26-24-14-8-6-12-22(24)23-13-7-9-15-25(23)26;1-13(2,3)21-12(20)15-5-9-16-8(6-22-9)10-17-14(4,7-23-10)11(18)19/h5-9,11-15,21,26-27H,3-4,10,16-19H2,1-2H3;6H,5,7H2,1-4H3,(H,15,20)(H,18,19)/b11-5+;/t21-,27+;14-/m10/s1. The maximum absolute atomic E-state index is 13.0. The van der Waals surface area contributed by atoms with Crippen molar-refractivity contribution >= 4 is 58.1 Å². The van der Waals surface area contributed by atoms with E-state index in [4.69, 9.17) is 14.2 Å². The van der Waals surface area contributed by atoms with Crippen molar-refractivity contribution < 1.29 is 43.3 Å². The summed E-state index contributed by atoms with van der Waals surface area (Å²) in [6.07, 6.45) is 5.25. The summed E-state index contributed by atoms with van der Waals surface area (Å²) in [6.45, 7) is 11.4. The molecule has 1 aliphatic carbocycles. The van der Waals surface area contributed by atoms with Crippen LogP contribution in [0.1, 0.15) is 101 Å². The van der Waals surface area contributed by atoms with Gasteiger partial charge in [-0.3, -0.25) is 14.7 Å². The van der Waals surface area contributed by atoms with E-state index in [0.717, 1.165) is 24.0 Å². The molecule has 3 aromatic rings. The Bertz CT molecular complexity index is 2000. The molecular weight excluding hydrogens is 781 g/mol. The van der Waals surface area contributed by atoms with Gasteiger partial charge in [0.25, 0.3) is 0 Å². The normalized spacial score (nSPS) is 19.0. The van der Waals surface area contributed by atoms with Crippen molar-refractivity contribution in [3.8, 4) is 11.1 Å². The maximum atomic E-state index is 13.0. The molecule has 15 heteroatoms. The number of esters is 1. The van der Waals surface area contributed by atoms with Crippen LogP contribution in [0.5, 0.6) is 0 Å². The minimum absolute atomic E-state index is 0.0389. The molecule has 2 aliphatic heterocycles. The molecule has 2 amide bonds. The molecule has 3 aliphatic rings. The number of fused-ring (bicyclic) bond motifs is 3. The third kappa shape index (κ3) is 11.6. The number of alkyl carbamates (subject to hydrolysis) is 1. The fourth-order valence-electron chi connectivity index (χ4n) is 6.67. The minimum Gasteiger partial charge on any atom is -0.479 e. The summed E-state index contributed by atoms with van der Waals surface area (Å²) in [5, 5.41) is 15.0. The monoisotopic (exact) mass is 832 g/mol. The number of nitrogens with one attached hydrogen (secondary N) is 1. The van der Waals surface area contributed by atoms with Gasteiger partial charge >= 0.3 is 24.1 Å². The summed E-state index contributed by atoms with van der Waals surface area (Å²) < 4.78 is 16.6. The van der Waals surface area contributed by atoms with E-state index in [0.29, 0.717) is 40.9 Å². The predicted octanol–water partition coefficient (Wildman–Crippen LogP) is 8.15. The van der Waals surface area contributed by atoms with Gasteiger partial charge in [-0.25, -0.2) is 24.2 Å². The zero-order chi connectivity index (χ0) is 42.0. The number of carbonyl (C=O) groups excluding carboxylic acids is 4. The summed E-state index contributed by atoms with van der Waals surface area (Å²) in [7, 11) is 0. The fourth-order valence-corrected chi connectivity index (χ4v) is 8.59. The van der Waals surface area contributed by atoms with Gasteiger partial charge in [-0.2, -0.15) is 0 Å². The van der Waals surface area contributed by atoms with E-state index in [-0.39, 0.29) is 31.3 Å². The second kappa shape index (κ2) is 19.6. The summed E-state index contributed by atoms with van der Waals surface area (Å²) in [4.78, 5) is 70.6. The highest BCUT2D eigenvalue weighted by Gasteiger charge is 2.40. The van der Waals surface area contributed by atoms with E-state index in [9.17, 15) is 29.1 Å². The quantitative estimate of drug-likeness (QED) is 0.0967. The van der Waals surface area contributed by atoms with E-state index < -0.39 is 47.4 Å². The number of allylic oxidation sites excluding steroid dienone is 1. The number of nitrogens with zero attached hydrogens (tertiary/aromatic N) is 3. The molecule has 0 saturated carbocycles. The highest BCUT2D eigenvalue weighted by Crippen LogP contribution is 2.44. The first-order chi connectivity index (χ1) is 27.6. The largest absolute Gasteiger partial charge is 0.479 e. The summed E-state index contributed by atoms with van der Waals surface area (Å²) >= 11 is 2.76. The van der Waals surface area contributed by atoms with E-state index in [1.807, 2.05) is 35.7 Å². The molecule has 1 aromatic heterocycles. The molecular formula is C43H52N4O9S2. The van der Waals surface area contributed by atoms with Crippen molar-refractivity contribution in [1.82, 2.24) is 15.2 Å². The molecule has 3 atom stereocenters. The van der Waals surface area contributed by atoms with Gasteiger partial charge in [-0.1, -0.05) is 68.0 Å². The molecule has 310 valence electrons. The number of hydrogen-bond acceptors (Lipinski definition) is 12. The third-order valence-electron chi connectivity index (χ3n) is 9.51. The highest BCUT2D eigenvalue weighted by atomic mass is 32.2. The molecule has 2 N–H and O–H groups in total. The molecule has 0 unspecified atom stereocenters. The van der Waals surface area contributed by atoms with Gasteiger partial charge in [-0.05, 0) is 82.2 Å². The van der Waals surface area contributed by atoms with Crippen molar-refractivity contribution in [3.05, 3.63) is 87.9 Å². The van der Waals surface area contributed by atoms with Crippen molar-refractivity contribution in [2.75, 3.05) is 18.9 Å². The van der Waals surface area contributed by atoms with Crippen molar-refractivity contribution in [2.24, 2.45) is 4.99 Å². The Balaban J connectivity index is 0.000000242. The van der Waals surface area contributed by atoms with Gasteiger partial charge in [0.2, 0.25) is 0 Å². The van der Waals surface area contributed by atoms with Gasteiger partial charge in [0, 0.05) is 30.0 Å².